The first-order valence-corrected chi connectivity index (χ1v) is 2.91. The number of aromatic carboxylic acids is 1. The number of nitrogens with two attached hydrogens (primary N) is 1. The summed E-state index contributed by atoms with van der Waals surface area (Å²) in [5.41, 5.74) is 2.73. The van der Waals surface area contributed by atoms with Crippen LogP contribution in [0.5, 0.6) is 0 Å². The molecule has 6 heteroatoms. The molecule has 0 unspecified atom stereocenters. The fraction of sp³-hybridized carbons (Fsp3) is 0.200. The Labute approximate surface area is 62.4 Å². The molecule has 0 aromatic carbocycles. The molecule has 0 aliphatic rings. The molecule has 11 heavy (non-hydrogen) atoms. The van der Waals surface area contributed by atoms with Crippen molar-refractivity contribution in [3.05, 3.63) is 11.3 Å². The van der Waals surface area contributed by atoms with Crippen molar-refractivity contribution in [3.63, 3.8) is 0 Å². The highest BCUT2D eigenvalue weighted by Crippen LogP contribution is 2.13. The molecule has 0 aliphatic heterocycles. The quantitative estimate of drug-likeness (QED) is 0.347. The third kappa shape index (κ3) is 1.15. The molecule has 0 amide bonds. The Bertz CT molecular complexity index is 280. The van der Waals surface area contributed by atoms with Crippen LogP contribution in [0.4, 0.5) is 5.82 Å². The molecular formula is C5H8N4O2. The third-order valence-electron chi connectivity index (χ3n) is 1.30. The van der Waals surface area contributed by atoms with E-state index in [0.29, 0.717) is 5.69 Å². The summed E-state index contributed by atoms with van der Waals surface area (Å²) in [7, 11) is 0. The fourth-order valence-corrected chi connectivity index (χ4v) is 0.795. The first kappa shape index (κ1) is 7.55. The SMILES string of the molecule is Cc1[nH]nc(NN)c1C(=O)O. The second kappa shape index (κ2) is 2.59. The minimum Gasteiger partial charge on any atom is -0.477 e. The topological polar surface area (TPSA) is 104 Å². The Kier molecular flexibility index (Phi) is 1.77. The van der Waals surface area contributed by atoms with Crippen molar-refractivity contribution < 1.29 is 9.90 Å². The Morgan fingerprint density at radius 1 is 1.82 bits per heavy atom. The van der Waals surface area contributed by atoms with Gasteiger partial charge in [-0.05, 0) is 6.92 Å². The molecule has 60 valence electrons. The maximum Gasteiger partial charge on any atom is 0.341 e. The minimum absolute atomic E-state index is 0.0764. The van der Waals surface area contributed by atoms with Gasteiger partial charge in [0.15, 0.2) is 5.82 Å². The Morgan fingerprint density at radius 3 is 2.82 bits per heavy atom. The monoisotopic (exact) mass is 156 g/mol. The molecule has 0 radical (unpaired) electrons. The van der Waals surface area contributed by atoms with E-state index >= 15 is 0 Å². The fourth-order valence-electron chi connectivity index (χ4n) is 0.795. The van der Waals surface area contributed by atoms with E-state index in [1.54, 1.807) is 6.92 Å². The summed E-state index contributed by atoms with van der Waals surface area (Å²) in [4.78, 5) is 10.5. The summed E-state index contributed by atoms with van der Waals surface area (Å²) in [5, 5.41) is 14.7. The summed E-state index contributed by atoms with van der Waals surface area (Å²) in [6.45, 7) is 1.61. The molecular weight excluding hydrogens is 148 g/mol. The molecule has 0 spiro atoms. The number of aromatic amines is 1. The molecule has 0 aliphatic carbocycles. The molecule has 0 saturated heterocycles. The number of nitrogen functional groups attached to an aromatic ring is 1. The number of hydrogen-bond donors (Lipinski definition) is 4. The van der Waals surface area contributed by atoms with Crippen LogP contribution in [0.3, 0.4) is 0 Å². The number of nitrogens with one attached hydrogen (secondary N) is 2. The highest BCUT2D eigenvalue weighted by molar-refractivity contribution is 5.94. The third-order valence-corrected chi connectivity index (χ3v) is 1.30. The zero-order valence-corrected chi connectivity index (χ0v) is 5.88. The molecule has 1 aromatic heterocycles. The lowest BCUT2D eigenvalue weighted by Gasteiger charge is -1.94. The Morgan fingerprint density at radius 2 is 2.45 bits per heavy atom. The molecule has 0 fully saturated rings. The predicted molar refractivity (Wildman–Crippen MR) is 38.1 cm³/mol. The van der Waals surface area contributed by atoms with Gasteiger partial charge in [0, 0.05) is 5.69 Å². The molecule has 6 nitrogen and oxygen atoms in total. The van der Waals surface area contributed by atoms with Gasteiger partial charge in [-0.25, -0.2) is 10.6 Å². The second-order valence-corrected chi connectivity index (χ2v) is 2.02. The van der Waals surface area contributed by atoms with E-state index in [0.717, 1.165) is 0 Å². The standard InChI is InChI=1S/C5H8N4O2/c1-2-3(5(10)11)4(7-6)9-8-2/h6H2,1H3,(H,10,11)(H2,7,8,9). The van der Waals surface area contributed by atoms with Crippen LogP contribution in [-0.2, 0) is 0 Å². The molecule has 5 N–H and O–H groups in total. The lowest BCUT2D eigenvalue weighted by molar-refractivity contribution is 0.0697. The largest absolute Gasteiger partial charge is 0.477 e. The number of rotatable bonds is 2. The van der Waals surface area contributed by atoms with Gasteiger partial charge in [0.1, 0.15) is 5.56 Å². The van der Waals surface area contributed by atoms with Crippen LogP contribution in [0, 0.1) is 6.92 Å². The first-order chi connectivity index (χ1) is 5.16. The molecule has 1 aromatic rings. The van der Waals surface area contributed by atoms with Crippen molar-refractivity contribution in [3.8, 4) is 0 Å². The normalized spacial score (nSPS) is 9.64. The van der Waals surface area contributed by atoms with Crippen molar-refractivity contribution >= 4 is 11.8 Å². The van der Waals surface area contributed by atoms with E-state index in [2.05, 4.69) is 15.6 Å². The van der Waals surface area contributed by atoms with Gasteiger partial charge in [-0.3, -0.25) is 5.10 Å². The van der Waals surface area contributed by atoms with Gasteiger partial charge in [0.05, 0.1) is 0 Å². The molecule has 0 atom stereocenters. The highest BCUT2D eigenvalue weighted by Gasteiger charge is 2.15. The van der Waals surface area contributed by atoms with E-state index in [4.69, 9.17) is 10.9 Å². The average molecular weight is 156 g/mol. The molecule has 0 bridgehead atoms. The summed E-state index contributed by atoms with van der Waals surface area (Å²) in [5.74, 6) is 4.10. The molecule has 1 heterocycles. The number of nitrogens with zero attached hydrogens (tertiary/aromatic N) is 1. The summed E-state index contributed by atoms with van der Waals surface area (Å²) in [6.07, 6.45) is 0. The van der Waals surface area contributed by atoms with Gasteiger partial charge in [0.2, 0.25) is 0 Å². The number of carboxylic acids is 1. The van der Waals surface area contributed by atoms with Crippen molar-refractivity contribution in [2.24, 2.45) is 5.84 Å². The number of aryl methyl sites for hydroxylation is 1. The van der Waals surface area contributed by atoms with Crippen LogP contribution >= 0.6 is 0 Å². The highest BCUT2D eigenvalue weighted by atomic mass is 16.4. The number of carboxylic acid groups (broad SMARTS) is 1. The van der Waals surface area contributed by atoms with Gasteiger partial charge >= 0.3 is 5.97 Å². The van der Waals surface area contributed by atoms with Gasteiger partial charge in [-0.15, -0.1) is 0 Å². The van der Waals surface area contributed by atoms with Gasteiger partial charge < -0.3 is 10.5 Å². The average Bonchev–Trinajstić information content (AvgIpc) is 2.30. The number of anilines is 1. The summed E-state index contributed by atoms with van der Waals surface area (Å²) < 4.78 is 0. The lowest BCUT2D eigenvalue weighted by Crippen LogP contribution is -2.11. The molecule has 0 saturated carbocycles. The van der Waals surface area contributed by atoms with E-state index < -0.39 is 5.97 Å². The van der Waals surface area contributed by atoms with E-state index in [1.807, 2.05) is 0 Å². The zero-order chi connectivity index (χ0) is 8.43. The van der Waals surface area contributed by atoms with Crippen LogP contribution in [0.25, 0.3) is 0 Å². The van der Waals surface area contributed by atoms with E-state index in [1.165, 1.54) is 0 Å². The van der Waals surface area contributed by atoms with Gasteiger partial charge in [0.25, 0.3) is 0 Å². The van der Waals surface area contributed by atoms with Crippen molar-refractivity contribution in [1.29, 1.82) is 0 Å². The number of hydrazine groups is 1. The Balaban J connectivity index is 3.17. The van der Waals surface area contributed by atoms with Crippen LogP contribution < -0.4 is 11.3 Å². The number of H-pyrrole nitrogens is 1. The Hall–Kier alpha value is -1.56. The second-order valence-electron chi connectivity index (χ2n) is 2.02. The summed E-state index contributed by atoms with van der Waals surface area (Å²) in [6, 6.07) is 0. The van der Waals surface area contributed by atoms with Crippen molar-refractivity contribution in [1.82, 2.24) is 10.2 Å². The zero-order valence-electron chi connectivity index (χ0n) is 5.88. The number of hydrogen-bond acceptors (Lipinski definition) is 4. The molecule has 1 rings (SSSR count). The smallest absolute Gasteiger partial charge is 0.341 e. The first-order valence-electron chi connectivity index (χ1n) is 2.91. The van der Waals surface area contributed by atoms with Crippen LogP contribution in [0.15, 0.2) is 0 Å². The van der Waals surface area contributed by atoms with Crippen LogP contribution in [0.1, 0.15) is 16.1 Å². The van der Waals surface area contributed by atoms with E-state index in [-0.39, 0.29) is 11.4 Å². The minimum atomic E-state index is -1.05. The van der Waals surface area contributed by atoms with Gasteiger partial charge in [-0.1, -0.05) is 0 Å². The number of aromatic nitrogens is 2. The van der Waals surface area contributed by atoms with Crippen molar-refractivity contribution in [2.75, 3.05) is 5.43 Å². The van der Waals surface area contributed by atoms with E-state index in [9.17, 15) is 4.79 Å². The van der Waals surface area contributed by atoms with Crippen LogP contribution in [0.2, 0.25) is 0 Å². The lowest BCUT2D eigenvalue weighted by atomic mass is 10.2. The maximum atomic E-state index is 10.5. The van der Waals surface area contributed by atoms with Crippen molar-refractivity contribution in [2.45, 2.75) is 6.92 Å². The number of carbonyl (C=O) groups is 1. The summed E-state index contributed by atoms with van der Waals surface area (Å²) >= 11 is 0. The maximum absolute atomic E-state index is 10.5. The van der Waals surface area contributed by atoms with Crippen LogP contribution in [-0.4, -0.2) is 21.3 Å². The predicted octanol–water partition coefficient (Wildman–Crippen LogP) is -0.298. The van der Waals surface area contributed by atoms with Gasteiger partial charge in [-0.2, -0.15) is 5.10 Å².